The normalized spacial score (nSPS) is 11.3. The number of rotatable bonds is 7. The summed E-state index contributed by atoms with van der Waals surface area (Å²) in [6.07, 6.45) is -0.595. The van der Waals surface area contributed by atoms with Gasteiger partial charge in [0.15, 0.2) is 5.65 Å². The zero-order valence-electron chi connectivity index (χ0n) is 21.9. The molecule has 0 saturated heterocycles. The first-order chi connectivity index (χ1) is 20.7. The Bertz CT molecular complexity index is 1990. The fraction of sp³-hybridized carbons (Fsp3) is 0.100. The molecule has 0 N–H and O–H groups in total. The molecule has 0 aliphatic heterocycles. The molecule has 6 aromatic rings. The van der Waals surface area contributed by atoms with Crippen molar-refractivity contribution in [2.75, 3.05) is 0 Å². The molecule has 0 amide bonds. The minimum Gasteiger partial charge on any atom is -0.241 e. The number of hydrogen-bond donors (Lipinski definition) is 0. The van der Waals surface area contributed by atoms with Gasteiger partial charge in [-0.05, 0) is 36.4 Å². The summed E-state index contributed by atoms with van der Waals surface area (Å²) in [7, 11) is 0. The van der Waals surface area contributed by atoms with Crippen LogP contribution in [0.25, 0.3) is 22.4 Å². The van der Waals surface area contributed by atoms with Crippen LogP contribution in [0.5, 0.6) is 0 Å². The van der Waals surface area contributed by atoms with Crippen LogP contribution in [0.4, 0.5) is 26.3 Å². The Kier molecular flexibility index (Phi) is 7.45. The molecule has 0 fully saturated rings. The van der Waals surface area contributed by atoms with Gasteiger partial charge in [-0.15, -0.1) is 0 Å². The maximum absolute atomic E-state index is 14.6. The molecule has 0 atom stereocenters. The Balaban J connectivity index is 1.55. The first-order valence-electron chi connectivity index (χ1n) is 12.8. The maximum Gasteiger partial charge on any atom is 0.219 e. The van der Waals surface area contributed by atoms with E-state index in [9.17, 15) is 26.3 Å². The van der Waals surface area contributed by atoms with E-state index in [4.69, 9.17) is 4.98 Å². The number of hydrogen-bond acceptors (Lipinski definition) is 7. The molecule has 0 unspecified atom stereocenters. The monoisotopic (exact) mass is 589 g/mol. The molecule has 1 aromatic carbocycles. The summed E-state index contributed by atoms with van der Waals surface area (Å²) in [5.41, 5.74) is 1.51. The van der Waals surface area contributed by atoms with Crippen molar-refractivity contribution in [3.8, 4) is 11.3 Å². The third-order valence-corrected chi connectivity index (χ3v) is 6.51. The molecule has 6 rings (SSSR count). The maximum atomic E-state index is 14.6. The lowest BCUT2D eigenvalue weighted by atomic mass is 10.0. The van der Waals surface area contributed by atoms with Crippen molar-refractivity contribution in [3.63, 3.8) is 0 Å². The van der Waals surface area contributed by atoms with Crippen LogP contribution in [0, 0.1) is 35.7 Å². The average molecular weight is 590 g/mol. The molecule has 5 heterocycles. The van der Waals surface area contributed by atoms with Crippen molar-refractivity contribution in [3.05, 3.63) is 136 Å². The molecule has 0 radical (unpaired) electrons. The highest BCUT2D eigenvalue weighted by Crippen LogP contribution is 2.28. The molecule has 7 nitrogen and oxygen atoms in total. The van der Waals surface area contributed by atoms with Gasteiger partial charge in [-0.2, -0.15) is 41.3 Å². The highest BCUT2D eigenvalue weighted by atomic mass is 19.2. The molecule has 13 heteroatoms. The van der Waals surface area contributed by atoms with Crippen molar-refractivity contribution < 1.29 is 26.3 Å². The van der Waals surface area contributed by atoms with Gasteiger partial charge < -0.3 is 0 Å². The van der Waals surface area contributed by atoms with Gasteiger partial charge in [-0.25, -0.2) is 19.9 Å². The topological polar surface area (TPSA) is 90.2 Å². The minimum atomic E-state index is -1.07. The number of benzene rings is 1. The molecule has 214 valence electrons. The Morgan fingerprint density at radius 2 is 0.953 bits per heavy atom. The van der Waals surface area contributed by atoms with Crippen LogP contribution in [0.2, 0.25) is 0 Å². The van der Waals surface area contributed by atoms with Crippen molar-refractivity contribution in [1.82, 2.24) is 34.9 Å². The number of nitrogens with zero attached hydrogens (tertiary/aromatic N) is 7. The van der Waals surface area contributed by atoms with E-state index in [-0.39, 0.29) is 64.3 Å². The van der Waals surface area contributed by atoms with Crippen LogP contribution in [0.15, 0.2) is 66.7 Å². The van der Waals surface area contributed by atoms with E-state index < -0.39 is 35.7 Å². The van der Waals surface area contributed by atoms with E-state index in [1.54, 1.807) is 30.3 Å². The van der Waals surface area contributed by atoms with Crippen LogP contribution >= 0.6 is 0 Å². The van der Waals surface area contributed by atoms with Gasteiger partial charge in [0.2, 0.25) is 35.7 Å². The summed E-state index contributed by atoms with van der Waals surface area (Å²) < 4.78 is 84.0. The van der Waals surface area contributed by atoms with E-state index in [1.165, 1.54) is 18.2 Å². The largest absolute Gasteiger partial charge is 0.241 e. The fourth-order valence-electron chi connectivity index (χ4n) is 4.49. The summed E-state index contributed by atoms with van der Waals surface area (Å²) >= 11 is 0. The Labute approximate surface area is 239 Å². The van der Waals surface area contributed by atoms with Crippen LogP contribution in [-0.4, -0.2) is 34.9 Å². The zero-order chi connectivity index (χ0) is 30.1. The molecule has 0 aliphatic carbocycles. The second-order valence-electron chi connectivity index (χ2n) is 9.43. The summed E-state index contributed by atoms with van der Waals surface area (Å²) in [6, 6.07) is 15.4. The highest BCUT2D eigenvalue weighted by molar-refractivity contribution is 5.78. The molecule has 0 aliphatic rings. The lowest BCUT2D eigenvalue weighted by Crippen LogP contribution is -2.11. The molecule has 43 heavy (non-hydrogen) atoms. The molecule has 5 aromatic heterocycles. The van der Waals surface area contributed by atoms with Gasteiger partial charge in [-0.3, -0.25) is 0 Å². The summed E-state index contributed by atoms with van der Waals surface area (Å²) in [5, 5.41) is 0. The molecule has 0 bridgehead atoms. The first kappa shape index (κ1) is 27.8. The lowest BCUT2D eigenvalue weighted by molar-refractivity contribution is 0.503. The van der Waals surface area contributed by atoms with Crippen molar-refractivity contribution >= 4 is 11.2 Å². The molecular weight excluding hydrogens is 572 g/mol. The Hall–Kier alpha value is -5.33. The fourth-order valence-corrected chi connectivity index (χ4v) is 4.49. The second-order valence-corrected chi connectivity index (χ2v) is 9.43. The standard InChI is InChI=1S/C30H17F6N7/c31-21-9-6-16(27(34)39-21)12-19-25(15-4-2-1-3-5-15)43-26-20(13-17-7-10-22(32)40-28(17)35)37-24(42-30(26)38-19)14-18-8-11-23(33)41-29(18)36/h1-11H,12-14H2. The number of aromatic nitrogens is 7. The summed E-state index contributed by atoms with van der Waals surface area (Å²) in [6.45, 7) is 0. The number of fused-ring (bicyclic) bond motifs is 1. The van der Waals surface area contributed by atoms with Gasteiger partial charge in [-0.1, -0.05) is 30.3 Å². The number of pyridine rings is 3. The summed E-state index contributed by atoms with van der Waals surface area (Å²) in [5.74, 6) is -6.13. The van der Waals surface area contributed by atoms with E-state index >= 15 is 0 Å². The van der Waals surface area contributed by atoms with Crippen LogP contribution in [0.1, 0.15) is 33.9 Å². The lowest BCUT2D eigenvalue weighted by Gasteiger charge is -2.14. The Morgan fingerprint density at radius 3 is 1.49 bits per heavy atom. The van der Waals surface area contributed by atoms with E-state index in [0.29, 0.717) is 11.3 Å². The minimum absolute atomic E-state index is 0.00595. The second kappa shape index (κ2) is 11.5. The van der Waals surface area contributed by atoms with Crippen molar-refractivity contribution in [2.45, 2.75) is 19.3 Å². The van der Waals surface area contributed by atoms with Gasteiger partial charge in [0.1, 0.15) is 11.3 Å². The molecular formula is C30H17F6N7. The zero-order valence-corrected chi connectivity index (χ0v) is 21.9. The van der Waals surface area contributed by atoms with E-state index in [1.807, 2.05) is 0 Å². The third-order valence-electron chi connectivity index (χ3n) is 6.51. The smallest absolute Gasteiger partial charge is 0.219 e. The molecule has 0 spiro atoms. The van der Waals surface area contributed by atoms with Crippen LogP contribution in [-0.2, 0) is 19.3 Å². The predicted octanol–water partition coefficient (Wildman–Crippen LogP) is 5.88. The highest BCUT2D eigenvalue weighted by Gasteiger charge is 2.21. The summed E-state index contributed by atoms with van der Waals surface area (Å²) in [4.78, 5) is 28.0. The van der Waals surface area contributed by atoms with Crippen molar-refractivity contribution in [1.29, 1.82) is 0 Å². The van der Waals surface area contributed by atoms with Crippen LogP contribution < -0.4 is 0 Å². The SMILES string of the molecule is Fc1ccc(Cc2nc(Cc3ccc(F)nc3F)c3nc(-c4ccccc4)c(Cc4ccc(F)nc4F)nc3n2)c(F)n1. The quantitative estimate of drug-likeness (QED) is 0.170. The van der Waals surface area contributed by atoms with Crippen molar-refractivity contribution in [2.24, 2.45) is 0 Å². The predicted molar refractivity (Wildman–Crippen MR) is 141 cm³/mol. The van der Waals surface area contributed by atoms with E-state index in [2.05, 4.69) is 29.9 Å². The third kappa shape index (κ3) is 6.01. The van der Waals surface area contributed by atoms with Crippen LogP contribution in [0.3, 0.4) is 0 Å². The number of halogens is 6. The Morgan fingerprint density at radius 1 is 0.442 bits per heavy atom. The van der Waals surface area contributed by atoms with Gasteiger partial charge in [0.05, 0.1) is 17.1 Å². The first-order valence-corrected chi connectivity index (χ1v) is 12.8. The average Bonchev–Trinajstić information content (AvgIpc) is 2.97. The van der Waals surface area contributed by atoms with Gasteiger partial charge in [0.25, 0.3) is 0 Å². The van der Waals surface area contributed by atoms with Gasteiger partial charge in [0, 0.05) is 41.5 Å². The molecule has 0 saturated carbocycles. The van der Waals surface area contributed by atoms with Gasteiger partial charge >= 0.3 is 0 Å². The van der Waals surface area contributed by atoms with E-state index in [0.717, 1.165) is 18.2 Å².